The van der Waals surface area contributed by atoms with Crippen LogP contribution in [-0.4, -0.2) is 30.3 Å². The number of para-hydroxylation sites is 2. The second-order valence-corrected chi connectivity index (χ2v) is 6.64. The maximum absolute atomic E-state index is 12.1. The summed E-state index contributed by atoms with van der Waals surface area (Å²) in [4.78, 5) is 27.6. The third-order valence-electron chi connectivity index (χ3n) is 5.23. The Morgan fingerprint density at radius 3 is 2.50 bits per heavy atom. The highest BCUT2D eigenvalue weighted by atomic mass is 16.2. The van der Waals surface area contributed by atoms with Gasteiger partial charge in [0, 0.05) is 25.4 Å². The van der Waals surface area contributed by atoms with E-state index in [2.05, 4.69) is 17.9 Å². The van der Waals surface area contributed by atoms with E-state index in [1.807, 2.05) is 23.1 Å². The van der Waals surface area contributed by atoms with E-state index in [1.165, 1.54) is 12.8 Å². The van der Waals surface area contributed by atoms with Gasteiger partial charge in [-0.15, -0.1) is 0 Å². The zero-order valence-corrected chi connectivity index (χ0v) is 13.4. The average molecular weight is 300 g/mol. The number of hydrogen-bond acceptors (Lipinski definition) is 3. The number of carbonyl (C=O) groups excluding carboxylic acids is 2. The van der Waals surface area contributed by atoms with Crippen LogP contribution in [0.25, 0.3) is 0 Å². The molecule has 4 nitrogen and oxygen atoms in total. The summed E-state index contributed by atoms with van der Waals surface area (Å²) in [7, 11) is 0. The summed E-state index contributed by atoms with van der Waals surface area (Å²) in [5.74, 6) is 0.0791. The van der Waals surface area contributed by atoms with E-state index >= 15 is 0 Å². The van der Waals surface area contributed by atoms with Gasteiger partial charge in [0.05, 0.1) is 17.4 Å². The Morgan fingerprint density at radius 2 is 1.91 bits per heavy atom. The quantitative estimate of drug-likeness (QED) is 0.805. The van der Waals surface area contributed by atoms with Crippen LogP contribution in [0.15, 0.2) is 24.3 Å². The number of anilines is 2. The van der Waals surface area contributed by atoms with E-state index in [1.54, 1.807) is 6.92 Å². The highest BCUT2D eigenvalue weighted by Gasteiger charge is 2.44. The van der Waals surface area contributed by atoms with Crippen LogP contribution in [0.1, 0.15) is 46.0 Å². The van der Waals surface area contributed by atoms with Crippen molar-refractivity contribution in [1.82, 2.24) is 0 Å². The number of nitrogens with zero attached hydrogens (tertiary/aromatic N) is 2. The number of aldehydes is 1. The van der Waals surface area contributed by atoms with Gasteiger partial charge in [0.25, 0.3) is 0 Å². The van der Waals surface area contributed by atoms with Gasteiger partial charge in [-0.25, -0.2) is 0 Å². The molecule has 1 aliphatic carbocycles. The van der Waals surface area contributed by atoms with Crippen LogP contribution in [-0.2, 0) is 9.59 Å². The van der Waals surface area contributed by atoms with E-state index < -0.39 is 0 Å². The molecule has 1 saturated carbocycles. The summed E-state index contributed by atoms with van der Waals surface area (Å²) in [6.07, 6.45) is 6.12. The number of fused-ring (bicyclic) bond motifs is 1. The third kappa shape index (κ3) is 2.31. The summed E-state index contributed by atoms with van der Waals surface area (Å²) in [6, 6.07) is 8.22. The highest BCUT2D eigenvalue weighted by Crippen LogP contribution is 2.46. The van der Waals surface area contributed by atoms with Crippen molar-refractivity contribution in [1.29, 1.82) is 0 Å². The van der Waals surface area contributed by atoms with Crippen molar-refractivity contribution < 1.29 is 9.59 Å². The zero-order chi connectivity index (χ0) is 15.7. The molecule has 0 N–H and O–H groups in total. The fourth-order valence-electron chi connectivity index (χ4n) is 4.28. The van der Waals surface area contributed by atoms with E-state index in [4.69, 9.17) is 0 Å². The van der Waals surface area contributed by atoms with Crippen LogP contribution in [0.5, 0.6) is 0 Å². The number of benzene rings is 1. The van der Waals surface area contributed by atoms with Gasteiger partial charge in [0.15, 0.2) is 0 Å². The van der Waals surface area contributed by atoms with E-state index in [9.17, 15) is 9.59 Å². The first-order valence-corrected chi connectivity index (χ1v) is 8.19. The molecule has 22 heavy (non-hydrogen) atoms. The lowest BCUT2D eigenvalue weighted by molar-refractivity contribution is -0.117. The molecule has 0 radical (unpaired) electrons. The number of carbonyl (C=O) groups is 2. The zero-order valence-electron chi connectivity index (χ0n) is 13.4. The predicted octanol–water partition coefficient (Wildman–Crippen LogP) is 3.15. The second-order valence-electron chi connectivity index (χ2n) is 6.64. The van der Waals surface area contributed by atoms with Crippen LogP contribution < -0.4 is 9.80 Å². The molecule has 1 fully saturated rings. The lowest BCUT2D eigenvalue weighted by Gasteiger charge is -2.50. The number of hydrogen-bond donors (Lipinski definition) is 0. The van der Waals surface area contributed by atoms with Crippen molar-refractivity contribution in [2.24, 2.45) is 0 Å². The van der Waals surface area contributed by atoms with E-state index in [0.29, 0.717) is 6.42 Å². The van der Waals surface area contributed by atoms with Crippen molar-refractivity contribution in [2.75, 3.05) is 16.3 Å². The lowest BCUT2D eigenvalue weighted by atomic mass is 9.88. The molecule has 4 heteroatoms. The van der Waals surface area contributed by atoms with Gasteiger partial charge in [-0.3, -0.25) is 4.79 Å². The first-order valence-electron chi connectivity index (χ1n) is 8.19. The van der Waals surface area contributed by atoms with Gasteiger partial charge in [-0.2, -0.15) is 0 Å². The van der Waals surface area contributed by atoms with Crippen molar-refractivity contribution in [2.45, 2.75) is 57.5 Å². The Hall–Kier alpha value is -1.84. The smallest absolute Gasteiger partial charge is 0.224 e. The van der Waals surface area contributed by atoms with Crippen LogP contribution >= 0.6 is 0 Å². The molecular formula is C18H24N2O2. The fourth-order valence-corrected chi connectivity index (χ4v) is 4.28. The highest BCUT2D eigenvalue weighted by molar-refractivity contribution is 5.97. The third-order valence-corrected chi connectivity index (χ3v) is 5.23. The SMILES string of the molecule is CC(=O)N1c2ccccc2N(C2(CC=O)CCCC2)C[C@@H]1C. The molecule has 1 aromatic carbocycles. The summed E-state index contributed by atoms with van der Waals surface area (Å²) in [5.41, 5.74) is 2.01. The Morgan fingerprint density at radius 1 is 1.27 bits per heavy atom. The van der Waals surface area contributed by atoms with Gasteiger partial charge in [0.2, 0.25) is 5.91 Å². The number of amides is 1. The Kier molecular flexibility index (Phi) is 3.94. The molecule has 0 saturated heterocycles. The normalized spacial score (nSPS) is 23.3. The molecule has 0 unspecified atom stereocenters. The minimum Gasteiger partial charge on any atom is -0.362 e. The van der Waals surface area contributed by atoms with Gasteiger partial charge in [-0.05, 0) is 31.9 Å². The Bertz CT molecular complexity index is 578. The second kappa shape index (κ2) is 5.75. The first kappa shape index (κ1) is 15.1. The molecule has 118 valence electrons. The van der Waals surface area contributed by atoms with Crippen LogP contribution in [0.4, 0.5) is 11.4 Å². The van der Waals surface area contributed by atoms with Crippen molar-refractivity contribution in [3.05, 3.63) is 24.3 Å². The van der Waals surface area contributed by atoms with Crippen LogP contribution in [0.3, 0.4) is 0 Å². The monoisotopic (exact) mass is 300 g/mol. The van der Waals surface area contributed by atoms with Gasteiger partial charge in [-0.1, -0.05) is 25.0 Å². The summed E-state index contributed by atoms with van der Waals surface area (Å²) >= 11 is 0. The molecule has 0 bridgehead atoms. The molecule has 0 spiro atoms. The predicted molar refractivity (Wildman–Crippen MR) is 88.3 cm³/mol. The molecule has 2 aliphatic rings. The lowest BCUT2D eigenvalue weighted by Crippen LogP contribution is -2.57. The van der Waals surface area contributed by atoms with Gasteiger partial charge < -0.3 is 14.6 Å². The molecule has 1 atom stereocenters. The first-order chi connectivity index (χ1) is 10.6. The summed E-state index contributed by atoms with van der Waals surface area (Å²) in [5, 5.41) is 0. The van der Waals surface area contributed by atoms with Gasteiger partial charge in [0.1, 0.15) is 6.29 Å². The van der Waals surface area contributed by atoms with E-state index in [0.717, 1.165) is 37.0 Å². The Balaban J connectivity index is 2.07. The van der Waals surface area contributed by atoms with Crippen molar-refractivity contribution in [3.8, 4) is 0 Å². The topological polar surface area (TPSA) is 40.6 Å². The molecule has 1 aromatic rings. The maximum Gasteiger partial charge on any atom is 0.224 e. The average Bonchev–Trinajstić information content (AvgIpc) is 2.96. The fraction of sp³-hybridized carbons (Fsp3) is 0.556. The van der Waals surface area contributed by atoms with Crippen LogP contribution in [0.2, 0.25) is 0 Å². The van der Waals surface area contributed by atoms with Crippen molar-refractivity contribution in [3.63, 3.8) is 0 Å². The van der Waals surface area contributed by atoms with E-state index in [-0.39, 0.29) is 17.5 Å². The largest absolute Gasteiger partial charge is 0.362 e. The standard InChI is InChI=1S/C18H24N2O2/c1-14-13-19(18(11-12-21)9-5-6-10-18)16-7-3-4-8-17(16)20(14)15(2)22/h3-4,7-8,12,14H,5-6,9-11,13H2,1-2H3/t14-/m0/s1. The number of rotatable bonds is 3. The Labute approximate surface area is 132 Å². The van der Waals surface area contributed by atoms with Crippen LogP contribution in [0, 0.1) is 0 Å². The van der Waals surface area contributed by atoms with Gasteiger partial charge >= 0.3 is 0 Å². The molecule has 3 rings (SSSR count). The molecular weight excluding hydrogens is 276 g/mol. The molecule has 1 aliphatic heterocycles. The minimum absolute atomic E-state index is 0.0605. The minimum atomic E-state index is -0.0605. The summed E-state index contributed by atoms with van der Waals surface area (Å²) < 4.78 is 0. The molecule has 1 heterocycles. The summed E-state index contributed by atoms with van der Waals surface area (Å²) in [6.45, 7) is 4.51. The maximum atomic E-state index is 12.1. The molecule has 1 amide bonds. The molecule has 0 aromatic heterocycles. The van der Waals surface area contributed by atoms with Crippen molar-refractivity contribution >= 4 is 23.6 Å².